The van der Waals surface area contributed by atoms with Crippen molar-refractivity contribution in [1.82, 2.24) is 5.32 Å². The zero-order valence-electron chi connectivity index (χ0n) is 18.8. The minimum Gasteiger partial charge on any atom is -0.493 e. The number of anilines is 1. The third kappa shape index (κ3) is 5.57. The highest BCUT2D eigenvalue weighted by atomic mass is 127. The van der Waals surface area contributed by atoms with Crippen LogP contribution in [0.25, 0.3) is 6.08 Å². The fraction of sp³-hybridized carbons (Fsp3) is 0.115. The molecule has 0 bridgehead atoms. The van der Waals surface area contributed by atoms with E-state index < -0.39 is 11.8 Å². The van der Waals surface area contributed by atoms with Gasteiger partial charge in [-0.25, -0.2) is 0 Å². The second-order valence-electron chi connectivity index (χ2n) is 7.70. The summed E-state index contributed by atoms with van der Waals surface area (Å²) in [7, 11) is 1.55. The minimum atomic E-state index is -0.551. The number of rotatable bonds is 6. The highest BCUT2D eigenvalue weighted by Crippen LogP contribution is 2.36. The fourth-order valence-corrected chi connectivity index (χ4v) is 5.14. The molecule has 0 saturated carbocycles. The lowest BCUT2D eigenvalue weighted by Gasteiger charge is -2.30. The molecule has 0 spiro atoms. The highest BCUT2D eigenvalue weighted by Gasteiger charge is 2.35. The number of methoxy groups -OCH3 is 1. The van der Waals surface area contributed by atoms with Gasteiger partial charge in [0, 0.05) is 4.47 Å². The van der Waals surface area contributed by atoms with Gasteiger partial charge in [0.1, 0.15) is 12.2 Å². The lowest BCUT2D eigenvalue weighted by molar-refractivity contribution is -0.122. The van der Waals surface area contributed by atoms with Gasteiger partial charge >= 0.3 is 0 Å². The molecular weight excluding hydrogens is 643 g/mol. The maximum Gasteiger partial charge on any atom is 0.270 e. The molecule has 1 N–H and O–H groups in total. The molecule has 2 amide bonds. The van der Waals surface area contributed by atoms with Crippen LogP contribution in [0, 0.1) is 10.5 Å². The summed E-state index contributed by atoms with van der Waals surface area (Å²) in [4.78, 5) is 27.5. The van der Waals surface area contributed by atoms with Crippen molar-refractivity contribution in [3.05, 3.63) is 91.0 Å². The molecule has 1 saturated heterocycles. The van der Waals surface area contributed by atoms with Crippen LogP contribution in [0.4, 0.5) is 5.69 Å². The maximum absolute atomic E-state index is 13.4. The van der Waals surface area contributed by atoms with Crippen LogP contribution in [-0.4, -0.2) is 24.0 Å². The quantitative estimate of drug-likeness (QED) is 0.157. The van der Waals surface area contributed by atoms with Crippen molar-refractivity contribution in [3.63, 3.8) is 0 Å². The Hall–Kier alpha value is -2.76. The van der Waals surface area contributed by atoms with Gasteiger partial charge in [-0.15, -0.1) is 0 Å². The summed E-state index contributed by atoms with van der Waals surface area (Å²) in [5.41, 5.74) is 3.06. The molecule has 0 atom stereocenters. The SMILES string of the molecule is COc1cc(/C=C2\C(=O)NC(=S)N(c3ccc(Br)cc3C)C2=O)cc(I)c1OCc1ccccc1. The average molecular weight is 663 g/mol. The number of hydrogen-bond donors (Lipinski definition) is 1. The zero-order chi connectivity index (χ0) is 25.1. The topological polar surface area (TPSA) is 67.9 Å². The molecule has 1 aliphatic rings. The smallest absolute Gasteiger partial charge is 0.270 e. The molecule has 0 radical (unpaired) electrons. The van der Waals surface area contributed by atoms with Gasteiger partial charge in [0.15, 0.2) is 16.6 Å². The van der Waals surface area contributed by atoms with Gasteiger partial charge in [0.2, 0.25) is 0 Å². The Morgan fingerprint density at radius 2 is 1.86 bits per heavy atom. The van der Waals surface area contributed by atoms with E-state index in [-0.39, 0.29) is 10.7 Å². The molecule has 6 nitrogen and oxygen atoms in total. The number of aryl methyl sites for hydroxylation is 1. The normalized spacial score (nSPS) is 14.8. The first-order valence-corrected chi connectivity index (χ1v) is 12.8. The molecule has 0 unspecified atom stereocenters. The van der Waals surface area contributed by atoms with Crippen molar-refractivity contribution < 1.29 is 19.1 Å². The first-order chi connectivity index (χ1) is 16.8. The largest absolute Gasteiger partial charge is 0.493 e. The second-order valence-corrected chi connectivity index (χ2v) is 10.2. The Morgan fingerprint density at radius 1 is 1.11 bits per heavy atom. The number of carbonyl (C=O) groups is 2. The summed E-state index contributed by atoms with van der Waals surface area (Å²) < 4.78 is 13.2. The van der Waals surface area contributed by atoms with E-state index in [9.17, 15) is 9.59 Å². The van der Waals surface area contributed by atoms with E-state index in [2.05, 4.69) is 43.8 Å². The molecule has 178 valence electrons. The van der Waals surface area contributed by atoms with Crippen LogP contribution in [0.15, 0.2) is 70.7 Å². The number of ether oxygens (including phenoxy) is 2. The Morgan fingerprint density at radius 3 is 2.54 bits per heavy atom. The number of thiocarbonyl (C=S) groups is 1. The van der Waals surface area contributed by atoms with Crippen LogP contribution in [0.1, 0.15) is 16.7 Å². The molecule has 1 aliphatic heterocycles. The van der Waals surface area contributed by atoms with Gasteiger partial charge in [-0.3, -0.25) is 19.8 Å². The molecular formula is C26H20BrIN2O4S. The van der Waals surface area contributed by atoms with Crippen LogP contribution >= 0.6 is 50.7 Å². The Bertz CT molecular complexity index is 1360. The van der Waals surface area contributed by atoms with Gasteiger partial charge in [-0.05, 0) is 94.8 Å². The number of amides is 2. The van der Waals surface area contributed by atoms with Crippen molar-refractivity contribution in [2.75, 3.05) is 12.0 Å². The predicted octanol–water partition coefficient (Wildman–Crippen LogP) is 5.78. The van der Waals surface area contributed by atoms with Crippen LogP contribution in [0.2, 0.25) is 0 Å². The molecule has 3 aromatic carbocycles. The summed E-state index contributed by atoms with van der Waals surface area (Å²) in [6.45, 7) is 2.25. The zero-order valence-corrected chi connectivity index (χ0v) is 23.4. The molecule has 0 aliphatic carbocycles. The maximum atomic E-state index is 13.4. The van der Waals surface area contributed by atoms with Crippen LogP contribution < -0.4 is 19.7 Å². The van der Waals surface area contributed by atoms with E-state index in [1.165, 1.54) is 11.0 Å². The van der Waals surface area contributed by atoms with E-state index >= 15 is 0 Å². The Balaban J connectivity index is 1.66. The van der Waals surface area contributed by atoms with Gasteiger partial charge in [-0.2, -0.15) is 0 Å². The number of nitrogens with one attached hydrogen (secondary N) is 1. The second kappa shape index (κ2) is 10.9. The van der Waals surface area contributed by atoms with E-state index in [4.69, 9.17) is 21.7 Å². The number of nitrogens with zero attached hydrogens (tertiary/aromatic N) is 1. The number of halogens is 2. The van der Waals surface area contributed by atoms with Crippen molar-refractivity contribution in [2.45, 2.75) is 13.5 Å². The highest BCUT2D eigenvalue weighted by molar-refractivity contribution is 14.1. The fourth-order valence-electron chi connectivity index (χ4n) is 3.61. The van der Waals surface area contributed by atoms with Gasteiger partial charge < -0.3 is 9.47 Å². The Labute approximate surface area is 230 Å². The average Bonchev–Trinajstić information content (AvgIpc) is 2.82. The minimum absolute atomic E-state index is 0.0308. The first kappa shape index (κ1) is 25.3. The number of carbonyl (C=O) groups excluding carboxylic acids is 2. The standard InChI is InChI=1S/C26H20BrIN2O4S/c1-15-10-18(27)8-9-21(15)30-25(32)19(24(31)29-26(30)35)11-17-12-20(28)23(22(13-17)33-2)34-14-16-6-4-3-5-7-16/h3-13H,14H2,1-2H3,(H,29,31,35)/b19-11+. The summed E-state index contributed by atoms with van der Waals surface area (Å²) in [6, 6.07) is 18.9. The van der Waals surface area contributed by atoms with Crippen molar-refractivity contribution in [2.24, 2.45) is 0 Å². The van der Waals surface area contributed by atoms with E-state index in [1.54, 1.807) is 19.2 Å². The third-order valence-electron chi connectivity index (χ3n) is 5.29. The molecule has 35 heavy (non-hydrogen) atoms. The first-order valence-electron chi connectivity index (χ1n) is 10.5. The number of benzene rings is 3. The van der Waals surface area contributed by atoms with Crippen molar-refractivity contribution >= 4 is 79.4 Å². The van der Waals surface area contributed by atoms with Crippen LogP contribution in [0.5, 0.6) is 11.5 Å². The number of hydrogen-bond acceptors (Lipinski definition) is 5. The Kier molecular flexibility index (Phi) is 7.88. The molecule has 1 fully saturated rings. The van der Waals surface area contributed by atoms with E-state index in [0.717, 1.165) is 19.2 Å². The van der Waals surface area contributed by atoms with Crippen molar-refractivity contribution in [1.29, 1.82) is 0 Å². The molecule has 3 aromatic rings. The van der Waals surface area contributed by atoms with Gasteiger partial charge in [-0.1, -0.05) is 46.3 Å². The van der Waals surface area contributed by atoms with Crippen molar-refractivity contribution in [3.8, 4) is 11.5 Å². The van der Waals surface area contributed by atoms with Crippen LogP contribution in [-0.2, 0) is 16.2 Å². The van der Waals surface area contributed by atoms with Crippen LogP contribution in [0.3, 0.4) is 0 Å². The molecule has 9 heteroatoms. The van der Waals surface area contributed by atoms with Gasteiger partial charge in [0.25, 0.3) is 11.8 Å². The van der Waals surface area contributed by atoms with E-state index in [1.807, 2.05) is 55.5 Å². The van der Waals surface area contributed by atoms with Gasteiger partial charge in [0.05, 0.1) is 16.4 Å². The molecule has 0 aromatic heterocycles. The summed E-state index contributed by atoms with van der Waals surface area (Å²) in [5.74, 6) is 0.0400. The third-order valence-corrected chi connectivity index (χ3v) is 6.87. The summed E-state index contributed by atoms with van der Waals surface area (Å²) >= 11 is 10.9. The predicted molar refractivity (Wildman–Crippen MR) is 152 cm³/mol. The summed E-state index contributed by atoms with van der Waals surface area (Å²) in [5, 5.41) is 2.66. The lowest BCUT2D eigenvalue weighted by atomic mass is 10.1. The van der Waals surface area contributed by atoms with E-state index in [0.29, 0.717) is 29.4 Å². The molecule has 1 heterocycles. The lowest BCUT2D eigenvalue weighted by Crippen LogP contribution is -2.54. The monoisotopic (exact) mass is 662 g/mol. The summed E-state index contributed by atoms with van der Waals surface area (Å²) in [6.07, 6.45) is 1.53. The molecule has 4 rings (SSSR count).